The smallest absolute Gasteiger partial charge is 0.320 e. The quantitative estimate of drug-likeness (QED) is 0.281. The first-order valence-electron chi connectivity index (χ1n) is 12.4. The molecule has 0 saturated heterocycles. The van der Waals surface area contributed by atoms with Gasteiger partial charge in [0.1, 0.15) is 18.1 Å². The molecule has 0 aromatic rings. The van der Waals surface area contributed by atoms with Gasteiger partial charge in [-0.15, -0.1) is 0 Å². The monoisotopic (exact) mass is 473 g/mol. The van der Waals surface area contributed by atoms with Gasteiger partial charge in [-0.3, -0.25) is 14.4 Å². The summed E-state index contributed by atoms with van der Waals surface area (Å²) in [6.07, 6.45) is 11.7. The van der Waals surface area contributed by atoms with Crippen molar-refractivity contribution in [2.45, 2.75) is 122 Å². The topological polar surface area (TPSA) is 148 Å². The molecule has 4 atom stereocenters. The molecule has 9 nitrogen and oxygen atoms in total. The first kappa shape index (κ1) is 31.3. The van der Waals surface area contributed by atoms with Gasteiger partial charge in [-0.1, -0.05) is 52.4 Å². The summed E-state index contributed by atoms with van der Waals surface area (Å²) < 4.78 is 0. The lowest BCUT2D eigenvalue weighted by Crippen LogP contribution is -2.42. The first-order valence-corrected chi connectivity index (χ1v) is 12.4. The molecular formula is C24H47N3O6. The van der Waals surface area contributed by atoms with Crippen LogP contribution < -0.4 is 16.0 Å². The predicted octanol–water partition coefficient (Wildman–Crippen LogP) is 3.08. The van der Waals surface area contributed by atoms with E-state index in [0.717, 1.165) is 32.1 Å². The summed E-state index contributed by atoms with van der Waals surface area (Å²) in [5.41, 5.74) is 0. The van der Waals surface area contributed by atoms with Crippen molar-refractivity contribution in [3.8, 4) is 0 Å². The van der Waals surface area contributed by atoms with Crippen LogP contribution in [0.2, 0.25) is 0 Å². The molecule has 33 heavy (non-hydrogen) atoms. The van der Waals surface area contributed by atoms with E-state index in [2.05, 4.69) is 16.0 Å². The minimum atomic E-state index is -0.767. The molecule has 0 amide bonds. The van der Waals surface area contributed by atoms with Gasteiger partial charge in [0.05, 0.1) is 0 Å². The minimum absolute atomic E-state index is 0.197. The molecule has 0 unspecified atom stereocenters. The normalized spacial score (nSPS) is 20.3. The fourth-order valence-electron chi connectivity index (χ4n) is 4.10. The maximum absolute atomic E-state index is 10.5. The molecular weight excluding hydrogens is 426 g/mol. The van der Waals surface area contributed by atoms with Crippen LogP contribution in [0.15, 0.2) is 0 Å². The van der Waals surface area contributed by atoms with Crippen molar-refractivity contribution in [1.82, 2.24) is 16.0 Å². The number of hydrogen-bond donors (Lipinski definition) is 6. The van der Waals surface area contributed by atoms with Gasteiger partial charge >= 0.3 is 17.9 Å². The Morgan fingerprint density at radius 3 is 1.33 bits per heavy atom. The second-order valence-electron chi connectivity index (χ2n) is 9.26. The SMILES string of the molecule is CC[C@H](C)[C@H](NC)C(=O)O.C[C@H](NC1CCCC1)C(=O)O.C[C@H](NC1CCCCC1)C(=O)O. The highest BCUT2D eigenvalue weighted by atomic mass is 16.4. The lowest BCUT2D eigenvalue weighted by Gasteiger charge is -2.24. The van der Waals surface area contributed by atoms with Crippen molar-refractivity contribution in [2.24, 2.45) is 5.92 Å². The van der Waals surface area contributed by atoms with Crippen molar-refractivity contribution in [3.63, 3.8) is 0 Å². The van der Waals surface area contributed by atoms with Gasteiger partial charge in [0.2, 0.25) is 0 Å². The zero-order chi connectivity index (χ0) is 25.4. The molecule has 0 aromatic carbocycles. The number of aliphatic carboxylic acids is 3. The summed E-state index contributed by atoms with van der Waals surface area (Å²) in [6.45, 7) is 7.31. The van der Waals surface area contributed by atoms with Crippen LogP contribution in [-0.4, -0.2) is 70.5 Å². The van der Waals surface area contributed by atoms with Gasteiger partial charge in [0.15, 0.2) is 0 Å². The van der Waals surface area contributed by atoms with Gasteiger partial charge in [0.25, 0.3) is 0 Å². The summed E-state index contributed by atoms with van der Waals surface area (Å²) >= 11 is 0. The summed E-state index contributed by atoms with van der Waals surface area (Å²) in [5.74, 6) is -2.07. The van der Waals surface area contributed by atoms with Crippen LogP contribution in [0.5, 0.6) is 0 Å². The number of rotatable bonds is 10. The van der Waals surface area contributed by atoms with Gasteiger partial charge in [-0.25, -0.2) is 0 Å². The molecule has 0 spiro atoms. The zero-order valence-corrected chi connectivity index (χ0v) is 21.1. The van der Waals surface area contributed by atoms with E-state index < -0.39 is 36.0 Å². The highest BCUT2D eigenvalue weighted by Gasteiger charge is 2.21. The number of carboxylic acids is 3. The molecule has 2 saturated carbocycles. The standard InChI is InChI=1S/C9H17NO2.C8H15NO2.C7H15NO2/c1-7(9(11)12)10-8-5-3-2-4-6-8;1-6(8(10)11)9-7-4-2-3-5-7;1-4-5(2)6(8-3)7(9)10/h7-8,10H,2-6H2,1H3,(H,11,12);6-7,9H,2-5H2,1H3,(H,10,11);5-6,8H,4H2,1-3H3,(H,9,10)/t7-;6-;5-,6-/m000/s1. The molecule has 2 fully saturated rings. The van der Waals surface area contributed by atoms with Crippen molar-refractivity contribution in [1.29, 1.82) is 0 Å². The van der Waals surface area contributed by atoms with E-state index in [1.54, 1.807) is 20.9 Å². The Kier molecular flexibility index (Phi) is 16.8. The predicted molar refractivity (Wildman–Crippen MR) is 130 cm³/mol. The second-order valence-corrected chi connectivity index (χ2v) is 9.26. The molecule has 9 heteroatoms. The van der Waals surface area contributed by atoms with Crippen LogP contribution in [0.3, 0.4) is 0 Å². The second kappa shape index (κ2) is 17.7. The van der Waals surface area contributed by atoms with Crippen molar-refractivity contribution in [3.05, 3.63) is 0 Å². The highest BCUT2D eigenvalue weighted by molar-refractivity contribution is 5.74. The Labute approximate surface area is 199 Å². The number of hydrogen-bond acceptors (Lipinski definition) is 6. The van der Waals surface area contributed by atoms with Crippen molar-refractivity contribution in [2.75, 3.05) is 7.05 Å². The third-order valence-electron chi connectivity index (χ3n) is 6.46. The Bertz CT molecular complexity index is 562. The molecule has 0 aliphatic heterocycles. The third kappa shape index (κ3) is 14.2. The molecule has 0 radical (unpaired) electrons. The molecule has 2 aliphatic rings. The van der Waals surface area contributed by atoms with Crippen LogP contribution in [-0.2, 0) is 14.4 Å². The Morgan fingerprint density at radius 1 is 0.727 bits per heavy atom. The van der Waals surface area contributed by atoms with Crippen molar-refractivity contribution >= 4 is 17.9 Å². The van der Waals surface area contributed by atoms with Gasteiger partial charge in [-0.2, -0.15) is 0 Å². The fourth-order valence-corrected chi connectivity index (χ4v) is 4.10. The first-order chi connectivity index (χ1) is 15.5. The third-order valence-corrected chi connectivity index (χ3v) is 6.46. The lowest BCUT2D eigenvalue weighted by molar-refractivity contribution is -0.141. The van der Waals surface area contributed by atoms with Crippen LogP contribution in [0.1, 0.15) is 91.9 Å². The van der Waals surface area contributed by atoms with Gasteiger partial charge in [0, 0.05) is 12.1 Å². The average molecular weight is 474 g/mol. The Balaban J connectivity index is 0.000000468. The number of carboxylic acid groups (broad SMARTS) is 3. The molecule has 2 rings (SSSR count). The summed E-state index contributed by atoms with van der Waals surface area (Å²) in [7, 11) is 1.67. The molecule has 0 aromatic heterocycles. The van der Waals surface area contributed by atoms with E-state index in [9.17, 15) is 14.4 Å². The van der Waals surface area contributed by atoms with E-state index >= 15 is 0 Å². The number of nitrogens with one attached hydrogen (secondary N) is 3. The van der Waals surface area contributed by atoms with E-state index in [1.165, 1.54) is 32.1 Å². The summed E-state index contributed by atoms with van der Waals surface area (Å²) in [6, 6.07) is -0.304. The van der Waals surface area contributed by atoms with Crippen LogP contribution in [0, 0.1) is 5.92 Å². The maximum atomic E-state index is 10.5. The molecule has 2 aliphatic carbocycles. The highest BCUT2D eigenvalue weighted by Crippen LogP contribution is 2.18. The largest absolute Gasteiger partial charge is 0.480 e. The van der Waals surface area contributed by atoms with Gasteiger partial charge in [-0.05, 0) is 52.5 Å². The lowest BCUT2D eigenvalue weighted by atomic mass is 9.95. The molecule has 6 N–H and O–H groups in total. The zero-order valence-electron chi connectivity index (χ0n) is 21.1. The molecule has 0 heterocycles. The summed E-state index contributed by atoms with van der Waals surface area (Å²) in [5, 5.41) is 34.8. The number of carbonyl (C=O) groups is 3. The van der Waals surface area contributed by atoms with Crippen LogP contribution >= 0.6 is 0 Å². The average Bonchev–Trinajstić information content (AvgIpc) is 3.28. The van der Waals surface area contributed by atoms with E-state index in [0.29, 0.717) is 12.1 Å². The fraction of sp³-hybridized carbons (Fsp3) is 0.875. The molecule has 0 bridgehead atoms. The van der Waals surface area contributed by atoms with E-state index in [4.69, 9.17) is 15.3 Å². The Hall–Kier alpha value is -1.71. The van der Waals surface area contributed by atoms with E-state index in [-0.39, 0.29) is 5.92 Å². The van der Waals surface area contributed by atoms with Crippen molar-refractivity contribution < 1.29 is 29.7 Å². The van der Waals surface area contributed by atoms with Gasteiger partial charge < -0.3 is 31.3 Å². The minimum Gasteiger partial charge on any atom is -0.480 e. The molecule has 194 valence electrons. The Morgan fingerprint density at radius 2 is 1.09 bits per heavy atom. The van der Waals surface area contributed by atoms with E-state index in [1.807, 2.05) is 13.8 Å². The van der Waals surface area contributed by atoms with Crippen LogP contribution in [0.25, 0.3) is 0 Å². The van der Waals surface area contributed by atoms with Crippen LogP contribution in [0.4, 0.5) is 0 Å². The summed E-state index contributed by atoms with van der Waals surface area (Å²) in [4.78, 5) is 31.4. The number of likely N-dealkylation sites (N-methyl/N-ethyl adjacent to an activating group) is 1. The maximum Gasteiger partial charge on any atom is 0.320 e.